The van der Waals surface area contributed by atoms with Gasteiger partial charge in [-0.05, 0) is 6.92 Å². The molecule has 3 heteroatoms. The molecule has 0 aliphatic rings. The predicted octanol–water partition coefficient (Wildman–Crippen LogP) is 0.532. The number of hydrogen-bond acceptors (Lipinski definition) is 3. The third kappa shape index (κ3) is 6.59. The smallest absolute Gasteiger partial charge is 0.384 e. The Morgan fingerprint density at radius 2 is 2.09 bits per heavy atom. The second kappa shape index (κ2) is 5.48. The maximum atomic E-state index is 10.4. The summed E-state index contributed by atoms with van der Waals surface area (Å²) in [5.41, 5.74) is 0. The molecule has 0 aliphatic heterocycles. The summed E-state index contributed by atoms with van der Waals surface area (Å²) < 4.78 is 4.26. The number of hydrogen-bond donors (Lipinski definition) is 0. The molecule has 0 unspecified atom stereocenters. The fraction of sp³-hybridized carbons (Fsp3) is 0.500. The highest BCUT2D eigenvalue weighted by Crippen LogP contribution is 1.86. The minimum Gasteiger partial charge on any atom is -0.459 e. The van der Waals surface area contributed by atoms with Crippen LogP contribution in [0.15, 0.2) is 0 Å². The van der Waals surface area contributed by atoms with Gasteiger partial charge in [0.05, 0.1) is 7.11 Å². The molecule has 60 valence electrons. The Hall–Kier alpha value is -1.30. The van der Waals surface area contributed by atoms with E-state index in [1.807, 2.05) is 0 Å². The van der Waals surface area contributed by atoms with E-state index < -0.39 is 5.97 Å². The predicted molar refractivity (Wildman–Crippen MR) is 39.7 cm³/mol. The van der Waals surface area contributed by atoms with Crippen LogP contribution in [0.5, 0.6) is 0 Å². The Balaban J connectivity index is 3.56. The number of ketones is 1. The first-order chi connectivity index (χ1) is 5.16. The third-order valence-electron chi connectivity index (χ3n) is 0.978. The fourth-order valence-electron chi connectivity index (χ4n) is 0.424. The second-order valence-electron chi connectivity index (χ2n) is 2.00. The zero-order valence-electron chi connectivity index (χ0n) is 6.64. The van der Waals surface area contributed by atoms with E-state index in [9.17, 15) is 9.59 Å². The van der Waals surface area contributed by atoms with E-state index in [4.69, 9.17) is 0 Å². The average Bonchev–Trinajstić information content (AvgIpc) is 1.97. The van der Waals surface area contributed by atoms with Crippen LogP contribution in [-0.4, -0.2) is 18.9 Å². The van der Waals surface area contributed by atoms with Crippen molar-refractivity contribution in [1.29, 1.82) is 0 Å². The van der Waals surface area contributed by atoms with Crippen molar-refractivity contribution >= 4 is 11.8 Å². The third-order valence-corrected chi connectivity index (χ3v) is 0.978. The van der Waals surface area contributed by atoms with Gasteiger partial charge in [0.2, 0.25) is 0 Å². The highest BCUT2D eigenvalue weighted by Gasteiger charge is 1.90. The number of ether oxygens (including phenoxy) is 1. The quantitative estimate of drug-likeness (QED) is 0.331. The van der Waals surface area contributed by atoms with Crippen molar-refractivity contribution in [3.63, 3.8) is 0 Å². The molecule has 0 aliphatic carbocycles. The van der Waals surface area contributed by atoms with Crippen LogP contribution in [-0.2, 0) is 14.3 Å². The molecule has 0 heterocycles. The molecule has 0 rings (SSSR count). The minimum absolute atomic E-state index is 0.0733. The zero-order valence-corrected chi connectivity index (χ0v) is 6.64. The van der Waals surface area contributed by atoms with E-state index in [0.29, 0.717) is 12.8 Å². The van der Waals surface area contributed by atoms with Gasteiger partial charge >= 0.3 is 5.97 Å². The number of carbonyl (C=O) groups excluding carboxylic acids is 2. The minimum atomic E-state index is -0.562. The summed E-state index contributed by atoms with van der Waals surface area (Å²) in [7, 11) is 1.27. The lowest BCUT2D eigenvalue weighted by Crippen LogP contribution is -1.94. The Kier molecular flexibility index (Phi) is 4.83. The van der Waals surface area contributed by atoms with Gasteiger partial charge < -0.3 is 4.74 Å². The normalized spacial score (nSPS) is 7.82. The van der Waals surface area contributed by atoms with Crippen LogP contribution < -0.4 is 0 Å². The summed E-state index contributed by atoms with van der Waals surface area (Å²) in [5.74, 6) is 4.26. The van der Waals surface area contributed by atoms with Crippen molar-refractivity contribution in [3.05, 3.63) is 0 Å². The van der Waals surface area contributed by atoms with Gasteiger partial charge in [-0.25, -0.2) is 4.79 Å². The molecule has 0 amide bonds. The molecule has 0 saturated heterocycles. The van der Waals surface area contributed by atoms with Crippen molar-refractivity contribution in [3.8, 4) is 11.8 Å². The zero-order chi connectivity index (χ0) is 8.69. The number of esters is 1. The van der Waals surface area contributed by atoms with E-state index in [0.717, 1.165) is 0 Å². The average molecular weight is 154 g/mol. The van der Waals surface area contributed by atoms with Crippen LogP contribution in [0, 0.1) is 11.8 Å². The van der Waals surface area contributed by atoms with E-state index in [1.54, 1.807) is 0 Å². The van der Waals surface area contributed by atoms with Crippen LogP contribution in [0.25, 0.3) is 0 Å². The number of carbonyl (C=O) groups is 2. The Morgan fingerprint density at radius 3 is 2.55 bits per heavy atom. The molecule has 0 spiro atoms. The van der Waals surface area contributed by atoms with Crippen molar-refractivity contribution in [2.75, 3.05) is 7.11 Å². The van der Waals surface area contributed by atoms with Crippen LogP contribution >= 0.6 is 0 Å². The molecule has 0 aromatic rings. The van der Waals surface area contributed by atoms with Crippen molar-refractivity contribution in [1.82, 2.24) is 0 Å². The lowest BCUT2D eigenvalue weighted by atomic mass is 10.2. The van der Waals surface area contributed by atoms with Gasteiger partial charge in [0.25, 0.3) is 0 Å². The van der Waals surface area contributed by atoms with Gasteiger partial charge in [0.1, 0.15) is 5.78 Å². The standard InChI is InChI=1S/C8H10O3/c1-7(9)5-3-4-6-8(10)11-2/h3,5H2,1-2H3. The van der Waals surface area contributed by atoms with E-state index >= 15 is 0 Å². The maximum Gasteiger partial charge on any atom is 0.384 e. The molecule has 3 nitrogen and oxygen atoms in total. The molecule has 0 atom stereocenters. The van der Waals surface area contributed by atoms with Gasteiger partial charge in [0, 0.05) is 18.8 Å². The van der Waals surface area contributed by atoms with Gasteiger partial charge in [0.15, 0.2) is 0 Å². The van der Waals surface area contributed by atoms with Crippen LogP contribution in [0.3, 0.4) is 0 Å². The van der Waals surface area contributed by atoms with Gasteiger partial charge in [-0.2, -0.15) is 0 Å². The summed E-state index contributed by atoms with van der Waals surface area (Å²) in [6.45, 7) is 1.49. The molecule has 0 N–H and O–H groups in total. The highest BCUT2D eigenvalue weighted by molar-refractivity contribution is 5.88. The lowest BCUT2D eigenvalue weighted by Gasteiger charge is -1.85. The summed E-state index contributed by atoms with van der Waals surface area (Å²) in [4.78, 5) is 20.7. The Morgan fingerprint density at radius 1 is 1.45 bits per heavy atom. The summed E-state index contributed by atoms with van der Waals surface area (Å²) in [6, 6.07) is 0. The second-order valence-corrected chi connectivity index (χ2v) is 2.00. The van der Waals surface area contributed by atoms with Gasteiger partial charge in [-0.1, -0.05) is 5.92 Å². The van der Waals surface area contributed by atoms with E-state index in [-0.39, 0.29) is 5.78 Å². The van der Waals surface area contributed by atoms with E-state index in [1.165, 1.54) is 14.0 Å². The fourth-order valence-corrected chi connectivity index (χ4v) is 0.424. The summed E-state index contributed by atoms with van der Waals surface area (Å²) in [6.07, 6.45) is 0.814. The number of rotatable bonds is 2. The van der Waals surface area contributed by atoms with E-state index in [2.05, 4.69) is 16.6 Å². The Labute approximate surface area is 65.7 Å². The molecule has 0 fully saturated rings. The Bertz CT molecular complexity index is 207. The highest BCUT2D eigenvalue weighted by atomic mass is 16.5. The maximum absolute atomic E-state index is 10.4. The summed E-state index contributed by atoms with van der Waals surface area (Å²) >= 11 is 0. The lowest BCUT2D eigenvalue weighted by molar-refractivity contribution is -0.133. The largest absolute Gasteiger partial charge is 0.459 e. The first kappa shape index (κ1) is 9.70. The van der Waals surface area contributed by atoms with Crippen molar-refractivity contribution in [2.45, 2.75) is 19.8 Å². The SMILES string of the molecule is COC(=O)C#CCCC(C)=O. The van der Waals surface area contributed by atoms with Gasteiger partial charge in [-0.15, -0.1) is 0 Å². The molecule has 0 bridgehead atoms. The van der Waals surface area contributed by atoms with Crippen LogP contribution in [0.1, 0.15) is 19.8 Å². The molecule has 11 heavy (non-hydrogen) atoms. The summed E-state index contributed by atoms with van der Waals surface area (Å²) in [5, 5.41) is 0. The molecular formula is C8H10O3. The molecule has 0 saturated carbocycles. The molecule has 0 radical (unpaired) electrons. The molecule has 0 aromatic carbocycles. The van der Waals surface area contributed by atoms with Gasteiger partial charge in [-0.3, -0.25) is 4.79 Å². The first-order valence-electron chi connectivity index (χ1n) is 3.23. The molecule has 0 aromatic heterocycles. The first-order valence-corrected chi connectivity index (χ1v) is 3.23. The van der Waals surface area contributed by atoms with Crippen molar-refractivity contribution < 1.29 is 14.3 Å². The van der Waals surface area contributed by atoms with Crippen molar-refractivity contribution in [2.24, 2.45) is 0 Å². The molecular weight excluding hydrogens is 144 g/mol. The number of methoxy groups -OCH3 is 1. The topological polar surface area (TPSA) is 43.4 Å². The monoisotopic (exact) mass is 154 g/mol. The number of Topliss-reactive ketones (excluding diaryl/α,β-unsaturated/α-hetero) is 1. The van der Waals surface area contributed by atoms with Crippen LogP contribution in [0.2, 0.25) is 0 Å². The van der Waals surface area contributed by atoms with Crippen LogP contribution in [0.4, 0.5) is 0 Å².